The van der Waals surface area contributed by atoms with Gasteiger partial charge in [-0.2, -0.15) is 0 Å². The van der Waals surface area contributed by atoms with Gasteiger partial charge in [-0.05, 0) is 61.7 Å². The Morgan fingerprint density at radius 1 is 1.09 bits per heavy atom. The van der Waals surface area contributed by atoms with Crippen LogP contribution in [0.4, 0.5) is 0 Å². The molecule has 0 radical (unpaired) electrons. The van der Waals surface area contributed by atoms with Gasteiger partial charge in [0.1, 0.15) is 5.75 Å². The molecule has 4 rings (SSSR count). The molecule has 1 fully saturated rings. The van der Waals surface area contributed by atoms with Gasteiger partial charge in [0.15, 0.2) is 11.5 Å². The maximum atomic E-state index is 12.8. The summed E-state index contributed by atoms with van der Waals surface area (Å²) in [6, 6.07) is 19.8. The molecule has 1 amide bonds. The predicted octanol–water partition coefficient (Wildman–Crippen LogP) is 4.94. The van der Waals surface area contributed by atoms with Crippen molar-refractivity contribution in [3.05, 3.63) is 71.9 Å². The van der Waals surface area contributed by atoms with Crippen LogP contribution in [0.3, 0.4) is 0 Å². The Morgan fingerprint density at radius 2 is 1.81 bits per heavy atom. The molecule has 32 heavy (non-hydrogen) atoms. The Bertz CT molecular complexity index is 993. The summed E-state index contributed by atoms with van der Waals surface area (Å²) in [4.78, 5) is 15.2. The number of likely N-dealkylation sites (tertiary alicyclic amines) is 1. The smallest absolute Gasteiger partial charge is 0.273 e. The van der Waals surface area contributed by atoms with E-state index in [1.807, 2.05) is 42.5 Å². The molecule has 2 aromatic carbocycles. The summed E-state index contributed by atoms with van der Waals surface area (Å²) in [7, 11) is 0. The van der Waals surface area contributed by atoms with Gasteiger partial charge in [-0.25, -0.2) is 0 Å². The molecule has 1 aromatic heterocycles. The van der Waals surface area contributed by atoms with Crippen molar-refractivity contribution in [2.45, 2.75) is 32.7 Å². The number of amides is 1. The molecule has 1 aliphatic rings. The highest BCUT2D eigenvalue weighted by Crippen LogP contribution is 2.26. The largest absolute Gasteiger partial charge is 0.493 e. The third-order valence-corrected chi connectivity index (χ3v) is 5.69. The number of ether oxygens (including phenoxy) is 1. The summed E-state index contributed by atoms with van der Waals surface area (Å²) in [5.41, 5.74) is 2.36. The van der Waals surface area contributed by atoms with Gasteiger partial charge in [0.05, 0.1) is 12.6 Å². The van der Waals surface area contributed by atoms with E-state index in [9.17, 15) is 4.79 Å². The molecule has 0 saturated carbocycles. The fourth-order valence-electron chi connectivity index (χ4n) is 3.96. The zero-order valence-electron chi connectivity index (χ0n) is 18.8. The minimum atomic E-state index is -0.225. The second-order valence-corrected chi connectivity index (χ2v) is 8.69. The molecule has 1 N–H and O–H groups in total. The van der Waals surface area contributed by atoms with Crippen molar-refractivity contribution in [2.24, 2.45) is 5.92 Å². The highest BCUT2D eigenvalue weighted by Gasteiger charge is 2.24. The van der Waals surface area contributed by atoms with Crippen LogP contribution in [0, 0.1) is 5.92 Å². The molecule has 168 valence electrons. The second kappa shape index (κ2) is 10.5. The van der Waals surface area contributed by atoms with Gasteiger partial charge in [0.25, 0.3) is 5.91 Å². The number of benzene rings is 2. The van der Waals surface area contributed by atoms with Crippen LogP contribution in [-0.2, 0) is 0 Å². The van der Waals surface area contributed by atoms with Gasteiger partial charge >= 0.3 is 0 Å². The number of nitrogens with one attached hydrogen (secondary N) is 1. The van der Waals surface area contributed by atoms with Crippen LogP contribution in [0.5, 0.6) is 5.75 Å². The fourth-order valence-corrected chi connectivity index (χ4v) is 3.96. The molecule has 0 bridgehead atoms. The van der Waals surface area contributed by atoms with Crippen LogP contribution in [-0.4, -0.2) is 42.2 Å². The van der Waals surface area contributed by atoms with Gasteiger partial charge in [-0.15, -0.1) is 0 Å². The normalized spacial score (nSPS) is 15.1. The highest BCUT2D eigenvalue weighted by atomic mass is 16.5. The monoisotopic (exact) mass is 433 g/mol. The molecular weight excluding hydrogens is 402 g/mol. The van der Waals surface area contributed by atoms with Crippen LogP contribution in [0.1, 0.15) is 48.8 Å². The molecular formula is C26H31N3O3. The SMILES string of the molecule is CC(C)COc1ccc(-c2cc(C(=O)NC[C@H](c3ccccc3)N3CCCC3)no2)cc1. The number of carbonyl (C=O) groups excluding carboxylic acids is 1. The number of nitrogens with zero attached hydrogens (tertiary/aromatic N) is 2. The zero-order valence-corrected chi connectivity index (χ0v) is 18.8. The molecule has 1 aliphatic heterocycles. The summed E-state index contributed by atoms with van der Waals surface area (Å²) in [5.74, 6) is 1.62. The summed E-state index contributed by atoms with van der Waals surface area (Å²) in [6.07, 6.45) is 2.40. The molecule has 0 spiro atoms. The van der Waals surface area contributed by atoms with Crippen molar-refractivity contribution < 1.29 is 14.1 Å². The van der Waals surface area contributed by atoms with Gasteiger partial charge in [-0.1, -0.05) is 49.3 Å². The van der Waals surface area contributed by atoms with Crippen molar-refractivity contribution in [3.8, 4) is 17.1 Å². The van der Waals surface area contributed by atoms with Gasteiger partial charge in [-0.3, -0.25) is 9.69 Å². The minimum absolute atomic E-state index is 0.160. The lowest BCUT2D eigenvalue weighted by Gasteiger charge is -2.28. The van der Waals surface area contributed by atoms with Crippen LogP contribution < -0.4 is 10.1 Å². The third-order valence-electron chi connectivity index (χ3n) is 5.69. The number of aromatic nitrogens is 1. The Kier molecular flexibility index (Phi) is 7.22. The lowest BCUT2D eigenvalue weighted by Crippen LogP contribution is -2.36. The van der Waals surface area contributed by atoms with E-state index in [2.05, 4.69) is 41.4 Å². The van der Waals surface area contributed by atoms with Crippen LogP contribution >= 0.6 is 0 Å². The average molecular weight is 434 g/mol. The van der Waals surface area contributed by atoms with E-state index >= 15 is 0 Å². The standard InChI is InChI=1S/C26H31N3O3/c1-19(2)18-31-22-12-10-21(11-13-22)25-16-23(28-32-25)26(30)27-17-24(29-14-6-7-15-29)20-8-4-3-5-9-20/h3-5,8-13,16,19,24H,6-7,14-15,17-18H2,1-2H3,(H,27,30)/t24-/m1/s1. The van der Waals surface area contributed by atoms with Crippen molar-refractivity contribution >= 4 is 5.91 Å². The Balaban J connectivity index is 1.39. The van der Waals surface area contributed by atoms with E-state index in [0.29, 0.717) is 24.8 Å². The summed E-state index contributed by atoms with van der Waals surface area (Å²) in [6.45, 7) is 7.55. The molecule has 6 heteroatoms. The third kappa shape index (κ3) is 5.56. The number of hydrogen-bond acceptors (Lipinski definition) is 5. The van der Waals surface area contributed by atoms with E-state index in [1.54, 1.807) is 6.07 Å². The van der Waals surface area contributed by atoms with Crippen molar-refractivity contribution in [1.82, 2.24) is 15.4 Å². The predicted molar refractivity (Wildman–Crippen MR) is 125 cm³/mol. The van der Waals surface area contributed by atoms with E-state index in [4.69, 9.17) is 9.26 Å². The maximum absolute atomic E-state index is 12.8. The first-order valence-corrected chi connectivity index (χ1v) is 11.4. The van der Waals surface area contributed by atoms with Crippen molar-refractivity contribution in [3.63, 3.8) is 0 Å². The maximum Gasteiger partial charge on any atom is 0.273 e. The topological polar surface area (TPSA) is 67.6 Å². The molecule has 2 heterocycles. The van der Waals surface area contributed by atoms with Crippen molar-refractivity contribution in [1.29, 1.82) is 0 Å². The van der Waals surface area contributed by atoms with Crippen LogP contribution in [0.2, 0.25) is 0 Å². The van der Waals surface area contributed by atoms with E-state index in [-0.39, 0.29) is 17.6 Å². The highest BCUT2D eigenvalue weighted by molar-refractivity contribution is 5.93. The molecule has 1 atom stereocenters. The van der Waals surface area contributed by atoms with Crippen LogP contribution in [0.15, 0.2) is 65.2 Å². The van der Waals surface area contributed by atoms with E-state index in [0.717, 1.165) is 24.4 Å². The second-order valence-electron chi connectivity index (χ2n) is 8.69. The number of carbonyl (C=O) groups is 1. The minimum Gasteiger partial charge on any atom is -0.493 e. The molecule has 1 saturated heterocycles. The first-order valence-electron chi connectivity index (χ1n) is 11.4. The Morgan fingerprint density at radius 3 is 2.50 bits per heavy atom. The molecule has 0 aliphatic carbocycles. The van der Waals surface area contributed by atoms with Gasteiger partial charge in [0.2, 0.25) is 0 Å². The fraction of sp³-hybridized carbons (Fsp3) is 0.385. The first kappa shape index (κ1) is 22.1. The van der Waals surface area contributed by atoms with Gasteiger partial charge < -0.3 is 14.6 Å². The quantitative estimate of drug-likeness (QED) is 0.518. The number of hydrogen-bond donors (Lipinski definition) is 1. The summed E-state index contributed by atoms with van der Waals surface area (Å²) < 4.78 is 11.2. The Labute approximate surface area is 189 Å². The lowest BCUT2D eigenvalue weighted by atomic mass is 10.1. The van der Waals surface area contributed by atoms with Gasteiger partial charge in [0, 0.05) is 18.2 Å². The average Bonchev–Trinajstić information content (AvgIpc) is 3.52. The lowest BCUT2D eigenvalue weighted by molar-refractivity contribution is 0.0929. The van der Waals surface area contributed by atoms with E-state index < -0.39 is 0 Å². The molecule has 0 unspecified atom stereocenters. The van der Waals surface area contributed by atoms with Crippen LogP contribution in [0.25, 0.3) is 11.3 Å². The first-order chi connectivity index (χ1) is 15.6. The summed E-state index contributed by atoms with van der Waals surface area (Å²) >= 11 is 0. The molecule has 6 nitrogen and oxygen atoms in total. The Hall–Kier alpha value is -3.12. The van der Waals surface area contributed by atoms with Crippen molar-refractivity contribution in [2.75, 3.05) is 26.2 Å². The van der Waals surface area contributed by atoms with E-state index in [1.165, 1.54) is 18.4 Å². The number of rotatable bonds is 9. The molecule has 3 aromatic rings. The summed E-state index contributed by atoms with van der Waals surface area (Å²) in [5, 5.41) is 7.04. The zero-order chi connectivity index (χ0) is 22.3.